The number of ether oxygens (including phenoxy) is 1. The summed E-state index contributed by atoms with van der Waals surface area (Å²) in [6.45, 7) is 0.391. The van der Waals surface area contributed by atoms with E-state index < -0.39 is 0 Å². The average Bonchev–Trinajstić information content (AvgIpc) is 2.63. The molecule has 4 nitrogen and oxygen atoms in total. The first kappa shape index (κ1) is 9.21. The molecule has 5 heteroatoms. The number of H-pyrrole nitrogens is 1. The quantitative estimate of drug-likeness (QED) is 0.912. The number of hydrogen-bond donors (Lipinski definition) is 1. The van der Waals surface area contributed by atoms with Gasteiger partial charge in [-0.3, -0.25) is 5.10 Å². The van der Waals surface area contributed by atoms with Gasteiger partial charge in [-0.2, -0.15) is 0 Å². The van der Waals surface area contributed by atoms with Gasteiger partial charge in [0.1, 0.15) is 12.4 Å². The molecule has 0 unspecified atom stereocenters. The summed E-state index contributed by atoms with van der Waals surface area (Å²) >= 11 is 3.15. The van der Waals surface area contributed by atoms with Gasteiger partial charge in [-0.15, -0.1) is 5.10 Å². The van der Waals surface area contributed by atoms with Gasteiger partial charge in [0.25, 0.3) is 0 Å². The lowest BCUT2D eigenvalue weighted by Gasteiger charge is -2.01. The van der Waals surface area contributed by atoms with Gasteiger partial charge in [0.15, 0.2) is 5.82 Å². The summed E-state index contributed by atoms with van der Waals surface area (Å²) in [5, 5.41) is 6.57. The van der Waals surface area contributed by atoms with E-state index in [2.05, 4.69) is 31.1 Å². The van der Waals surface area contributed by atoms with Crippen molar-refractivity contribution in [3.63, 3.8) is 0 Å². The summed E-state index contributed by atoms with van der Waals surface area (Å²) in [6.07, 6.45) is 0. The summed E-state index contributed by atoms with van der Waals surface area (Å²) in [6, 6.07) is 9.58. The summed E-state index contributed by atoms with van der Waals surface area (Å²) in [4.78, 5) is 4.05. The minimum atomic E-state index is 0.391. The van der Waals surface area contributed by atoms with E-state index in [1.807, 2.05) is 30.3 Å². The molecule has 72 valence electrons. The summed E-state index contributed by atoms with van der Waals surface area (Å²) < 4.78 is 6.00. The zero-order chi connectivity index (χ0) is 9.80. The lowest BCUT2D eigenvalue weighted by molar-refractivity contribution is 0.296. The van der Waals surface area contributed by atoms with Crippen molar-refractivity contribution >= 4 is 15.9 Å². The van der Waals surface area contributed by atoms with E-state index in [1.54, 1.807) is 0 Å². The van der Waals surface area contributed by atoms with Crippen LogP contribution in [-0.4, -0.2) is 15.2 Å². The van der Waals surface area contributed by atoms with E-state index in [0.717, 1.165) is 5.75 Å². The largest absolute Gasteiger partial charge is 0.486 e. The normalized spacial score (nSPS) is 10.1. The molecule has 0 saturated heterocycles. The molecule has 0 atom stereocenters. The molecule has 2 aromatic rings. The number of nitrogens with zero attached hydrogens (tertiary/aromatic N) is 2. The Morgan fingerprint density at radius 3 is 2.71 bits per heavy atom. The van der Waals surface area contributed by atoms with E-state index in [4.69, 9.17) is 4.74 Å². The van der Waals surface area contributed by atoms with Crippen LogP contribution in [0.25, 0.3) is 0 Å². The smallest absolute Gasteiger partial charge is 0.217 e. The number of halogens is 1. The van der Waals surface area contributed by atoms with Crippen molar-refractivity contribution < 1.29 is 4.74 Å². The highest BCUT2D eigenvalue weighted by Crippen LogP contribution is 2.10. The van der Waals surface area contributed by atoms with Gasteiger partial charge >= 0.3 is 0 Å². The molecule has 1 aromatic carbocycles. The monoisotopic (exact) mass is 253 g/mol. The van der Waals surface area contributed by atoms with E-state index in [-0.39, 0.29) is 0 Å². The third kappa shape index (κ3) is 2.32. The van der Waals surface area contributed by atoms with Gasteiger partial charge in [0.2, 0.25) is 4.73 Å². The van der Waals surface area contributed by atoms with Crippen molar-refractivity contribution in [3.8, 4) is 5.75 Å². The van der Waals surface area contributed by atoms with Gasteiger partial charge in [-0.1, -0.05) is 18.2 Å². The Morgan fingerprint density at radius 2 is 2.07 bits per heavy atom. The van der Waals surface area contributed by atoms with Crippen molar-refractivity contribution in [1.82, 2.24) is 15.2 Å². The number of para-hydroxylation sites is 1. The molecular weight excluding hydrogens is 246 g/mol. The van der Waals surface area contributed by atoms with Crippen LogP contribution >= 0.6 is 15.9 Å². The first-order valence-electron chi connectivity index (χ1n) is 4.09. The molecule has 0 aliphatic heterocycles. The average molecular weight is 254 g/mol. The maximum absolute atomic E-state index is 5.45. The van der Waals surface area contributed by atoms with E-state index in [9.17, 15) is 0 Å². The van der Waals surface area contributed by atoms with Crippen molar-refractivity contribution in [2.24, 2.45) is 0 Å². The standard InChI is InChI=1S/C9H8BrN3O/c10-9-11-8(12-13-9)6-14-7-4-2-1-3-5-7/h1-5H,6H2,(H,11,12,13). The predicted molar refractivity (Wildman–Crippen MR) is 54.9 cm³/mol. The minimum absolute atomic E-state index is 0.391. The molecule has 0 saturated carbocycles. The first-order valence-corrected chi connectivity index (χ1v) is 4.88. The summed E-state index contributed by atoms with van der Waals surface area (Å²) in [5.41, 5.74) is 0. The van der Waals surface area contributed by atoms with E-state index in [1.165, 1.54) is 0 Å². The molecule has 0 amide bonds. The Kier molecular flexibility index (Phi) is 2.78. The van der Waals surface area contributed by atoms with Crippen LogP contribution in [0.2, 0.25) is 0 Å². The SMILES string of the molecule is Brc1n[nH]c(COc2ccccc2)n1. The number of hydrogen-bond acceptors (Lipinski definition) is 3. The third-order valence-corrected chi connectivity index (χ3v) is 1.98. The van der Waals surface area contributed by atoms with Gasteiger partial charge in [-0.25, -0.2) is 4.98 Å². The minimum Gasteiger partial charge on any atom is -0.486 e. The molecule has 0 aliphatic carbocycles. The summed E-state index contributed by atoms with van der Waals surface area (Å²) in [5.74, 6) is 1.51. The number of nitrogens with one attached hydrogen (secondary N) is 1. The van der Waals surface area contributed by atoms with Crippen molar-refractivity contribution in [2.45, 2.75) is 6.61 Å². The molecule has 0 fully saturated rings. The second-order valence-electron chi connectivity index (χ2n) is 2.65. The van der Waals surface area contributed by atoms with Crippen molar-refractivity contribution in [3.05, 3.63) is 40.9 Å². The summed E-state index contributed by atoms with van der Waals surface area (Å²) in [7, 11) is 0. The number of benzene rings is 1. The zero-order valence-electron chi connectivity index (χ0n) is 7.27. The van der Waals surface area contributed by atoms with Crippen LogP contribution in [0.4, 0.5) is 0 Å². The molecule has 0 radical (unpaired) electrons. The highest BCUT2D eigenvalue weighted by atomic mass is 79.9. The molecule has 1 aromatic heterocycles. The van der Waals surface area contributed by atoms with Crippen LogP contribution in [-0.2, 0) is 6.61 Å². The lowest BCUT2D eigenvalue weighted by atomic mass is 10.3. The van der Waals surface area contributed by atoms with Crippen LogP contribution in [0.1, 0.15) is 5.82 Å². The van der Waals surface area contributed by atoms with Crippen LogP contribution < -0.4 is 4.74 Å². The highest BCUT2D eigenvalue weighted by Gasteiger charge is 2.00. The maximum Gasteiger partial charge on any atom is 0.217 e. The third-order valence-electron chi connectivity index (χ3n) is 1.62. The topological polar surface area (TPSA) is 50.8 Å². The molecule has 0 spiro atoms. The van der Waals surface area contributed by atoms with Gasteiger partial charge in [0.05, 0.1) is 0 Å². The molecule has 0 aliphatic rings. The van der Waals surface area contributed by atoms with Crippen molar-refractivity contribution in [2.75, 3.05) is 0 Å². The number of aromatic amines is 1. The van der Waals surface area contributed by atoms with Gasteiger partial charge in [-0.05, 0) is 28.1 Å². The molecule has 1 N–H and O–H groups in total. The fourth-order valence-corrected chi connectivity index (χ4v) is 1.31. The fraction of sp³-hybridized carbons (Fsp3) is 0.111. The second-order valence-corrected chi connectivity index (χ2v) is 3.36. The van der Waals surface area contributed by atoms with Crippen LogP contribution in [0.3, 0.4) is 0 Å². The first-order chi connectivity index (χ1) is 6.84. The zero-order valence-corrected chi connectivity index (χ0v) is 8.86. The van der Waals surface area contributed by atoms with Gasteiger partial charge in [0, 0.05) is 0 Å². The Labute approximate surface area is 89.5 Å². The second kappa shape index (κ2) is 4.23. The van der Waals surface area contributed by atoms with E-state index in [0.29, 0.717) is 17.2 Å². The van der Waals surface area contributed by atoms with Crippen molar-refractivity contribution in [1.29, 1.82) is 0 Å². The predicted octanol–water partition coefficient (Wildman–Crippen LogP) is 2.15. The Morgan fingerprint density at radius 1 is 1.29 bits per heavy atom. The Hall–Kier alpha value is -1.36. The van der Waals surface area contributed by atoms with E-state index >= 15 is 0 Å². The lowest BCUT2D eigenvalue weighted by Crippen LogP contribution is -1.97. The maximum atomic E-state index is 5.45. The number of rotatable bonds is 3. The number of aromatic nitrogens is 3. The van der Waals surface area contributed by atoms with Gasteiger partial charge < -0.3 is 4.74 Å². The molecular formula is C9H8BrN3O. The highest BCUT2D eigenvalue weighted by molar-refractivity contribution is 9.10. The molecule has 2 rings (SSSR count). The van der Waals surface area contributed by atoms with Crippen LogP contribution in [0.15, 0.2) is 35.1 Å². The Balaban J connectivity index is 1.95. The Bertz CT molecular complexity index is 401. The van der Waals surface area contributed by atoms with Crippen LogP contribution in [0, 0.1) is 0 Å². The van der Waals surface area contributed by atoms with Crippen LogP contribution in [0.5, 0.6) is 5.75 Å². The fourth-order valence-electron chi connectivity index (χ4n) is 1.00. The molecule has 1 heterocycles. The molecule has 0 bridgehead atoms. The molecule has 14 heavy (non-hydrogen) atoms.